The van der Waals surface area contributed by atoms with Crippen molar-refractivity contribution in [3.05, 3.63) is 149 Å². The van der Waals surface area contributed by atoms with E-state index in [4.69, 9.17) is 9.97 Å². The van der Waals surface area contributed by atoms with Gasteiger partial charge in [0.15, 0.2) is 0 Å². The fourth-order valence-corrected chi connectivity index (χ4v) is 10.7. The molecule has 10 rings (SSSR count). The van der Waals surface area contributed by atoms with Crippen LogP contribution < -0.4 is 0 Å². The zero-order valence-electron chi connectivity index (χ0n) is 43.7. The van der Waals surface area contributed by atoms with Gasteiger partial charge in [0.2, 0.25) is 0 Å². The van der Waals surface area contributed by atoms with Crippen molar-refractivity contribution >= 4 is 43.9 Å². The first kappa shape index (κ1) is 46.3. The van der Waals surface area contributed by atoms with E-state index in [-0.39, 0.29) is 32.8 Å². The van der Waals surface area contributed by atoms with Gasteiger partial charge in [-0.15, -0.1) is 0 Å². The third-order valence-corrected chi connectivity index (χ3v) is 14.1. The summed E-state index contributed by atoms with van der Waals surface area (Å²) in [6, 6.07) is 42.9. The van der Waals surface area contributed by atoms with E-state index < -0.39 is 0 Å². The largest absolute Gasteiger partial charge is 0.507 e. The standard InChI is InChI=1S/C64H70N4O/c1-60(2,3)36-38-20-22-39(23-21-38)40-28-29-65-50(33-40)43-30-42(31-44(32-43)62(7,8)9)46-25-27-53-57-55(46)66-59(48-34-45(63(10,11)12)35-49(58(48)69)64(13,14)15)68(57)52-26-24-41(37-61(4,5)6)54-47-18-16-17-19-51(47)67(53)56(52)54/h16-35,69H,36-37H2,1-15H3. The highest BCUT2D eigenvalue weighted by Gasteiger charge is 2.31. The minimum absolute atomic E-state index is 0.0827. The number of hydrogen-bond donors (Lipinski definition) is 1. The number of aromatic hydroxyl groups is 1. The van der Waals surface area contributed by atoms with Gasteiger partial charge in [0.05, 0.1) is 44.4 Å². The van der Waals surface area contributed by atoms with Crippen LogP contribution in [0.3, 0.4) is 0 Å². The van der Waals surface area contributed by atoms with E-state index in [1.807, 2.05) is 6.20 Å². The molecule has 4 aromatic heterocycles. The van der Waals surface area contributed by atoms with Crippen molar-refractivity contribution in [3.63, 3.8) is 0 Å². The minimum atomic E-state index is -0.316. The van der Waals surface area contributed by atoms with E-state index >= 15 is 0 Å². The molecule has 0 fully saturated rings. The molecule has 5 heteroatoms. The Hall–Kier alpha value is -6.46. The number of para-hydroxylation sites is 1. The van der Waals surface area contributed by atoms with Crippen LogP contribution in [0.5, 0.6) is 5.75 Å². The van der Waals surface area contributed by atoms with Crippen LogP contribution in [-0.4, -0.2) is 23.9 Å². The third kappa shape index (κ3) is 8.26. The summed E-state index contributed by atoms with van der Waals surface area (Å²) >= 11 is 0. The van der Waals surface area contributed by atoms with E-state index in [0.717, 1.165) is 85.4 Å². The summed E-state index contributed by atoms with van der Waals surface area (Å²) in [5, 5.41) is 15.2. The maximum absolute atomic E-state index is 12.6. The minimum Gasteiger partial charge on any atom is -0.507 e. The lowest BCUT2D eigenvalue weighted by Crippen LogP contribution is -2.17. The Morgan fingerprint density at radius 3 is 1.80 bits per heavy atom. The first-order valence-electron chi connectivity index (χ1n) is 25.0. The molecule has 0 aliphatic heterocycles. The lowest BCUT2D eigenvalue weighted by Gasteiger charge is -2.27. The maximum atomic E-state index is 12.6. The fourth-order valence-electron chi connectivity index (χ4n) is 10.7. The molecule has 352 valence electrons. The molecule has 0 spiro atoms. The second kappa shape index (κ2) is 15.8. The Balaban J connectivity index is 1.29. The number of phenolic OH excluding ortho intramolecular Hbond substituents is 1. The summed E-state index contributed by atoms with van der Waals surface area (Å²) < 4.78 is 4.86. The van der Waals surface area contributed by atoms with Gasteiger partial charge in [0.25, 0.3) is 0 Å². The number of aromatic nitrogens is 4. The second-order valence-electron chi connectivity index (χ2n) is 25.5. The predicted molar refractivity (Wildman–Crippen MR) is 293 cm³/mol. The Bertz CT molecular complexity index is 3620. The van der Waals surface area contributed by atoms with Gasteiger partial charge in [-0.05, 0) is 133 Å². The molecule has 4 heterocycles. The molecule has 0 aliphatic carbocycles. The van der Waals surface area contributed by atoms with Crippen LogP contribution in [0, 0.1) is 10.8 Å². The monoisotopic (exact) mass is 911 g/mol. The van der Waals surface area contributed by atoms with Crippen molar-refractivity contribution in [3.8, 4) is 50.6 Å². The molecule has 0 atom stereocenters. The highest BCUT2D eigenvalue weighted by atomic mass is 16.3. The molecule has 10 aromatic rings. The molecule has 0 bridgehead atoms. The van der Waals surface area contributed by atoms with Gasteiger partial charge in [-0.3, -0.25) is 9.38 Å². The smallest absolute Gasteiger partial charge is 0.149 e. The number of nitrogens with zero attached hydrogens (tertiary/aromatic N) is 4. The molecule has 69 heavy (non-hydrogen) atoms. The van der Waals surface area contributed by atoms with Crippen molar-refractivity contribution in [2.45, 2.75) is 133 Å². The number of pyridine rings is 1. The molecule has 5 nitrogen and oxygen atoms in total. The lowest BCUT2D eigenvalue weighted by molar-refractivity contribution is 0.411. The molecular weight excluding hydrogens is 841 g/mol. The van der Waals surface area contributed by atoms with Gasteiger partial charge >= 0.3 is 0 Å². The van der Waals surface area contributed by atoms with E-state index in [0.29, 0.717) is 0 Å². The quantitative estimate of drug-likeness (QED) is 0.169. The molecule has 0 unspecified atom stereocenters. The van der Waals surface area contributed by atoms with Crippen molar-refractivity contribution < 1.29 is 5.11 Å². The summed E-state index contributed by atoms with van der Waals surface area (Å²) in [7, 11) is 0. The maximum Gasteiger partial charge on any atom is 0.149 e. The fraction of sp³-hybridized carbons (Fsp3) is 0.344. The number of imidazole rings is 1. The zero-order valence-corrected chi connectivity index (χ0v) is 43.7. The average Bonchev–Trinajstić information content (AvgIpc) is 3.83. The number of rotatable bonds is 6. The Kier molecular flexibility index (Phi) is 10.6. The number of phenols is 1. The molecule has 0 amide bonds. The number of hydrogen-bond acceptors (Lipinski definition) is 3. The third-order valence-electron chi connectivity index (χ3n) is 14.1. The summed E-state index contributed by atoms with van der Waals surface area (Å²) in [5.74, 6) is 1.02. The molecule has 1 N–H and O–H groups in total. The van der Waals surface area contributed by atoms with Gasteiger partial charge in [-0.1, -0.05) is 165 Å². The van der Waals surface area contributed by atoms with Gasteiger partial charge in [-0.2, -0.15) is 0 Å². The SMILES string of the molecule is CC(C)(C)Cc1ccc(-c2ccnc(-c3cc(-c4ccc5c6c4nc(-c4cc(C(C)(C)C)cc(C(C)(C)C)c4O)n6c4ccc(CC(C)(C)C)c6c7ccccc7n5c64)cc(C(C)(C)C)c3)c2)cc1. The van der Waals surface area contributed by atoms with E-state index in [1.165, 1.54) is 44.1 Å². The summed E-state index contributed by atoms with van der Waals surface area (Å²) in [6.07, 6.45) is 3.92. The highest BCUT2D eigenvalue weighted by molar-refractivity contribution is 6.19. The van der Waals surface area contributed by atoms with E-state index in [9.17, 15) is 5.11 Å². The van der Waals surface area contributed by atoms with E-state index in [1.54, 1.807) is 0 Å². The van der Waals surface area contributed by atoms with Gasteiger partial charge in [-0.25, -0.2) is 4.98 Å². The van der Waals surface area contributed by atoms with Crippen LogP contribution in [0.25, 0.3) is 88.8 Å². The van der Waals surface area contributed by atoms with Crippen LogP contribution in [0.15, 0.2) is 121 Å². The average molecular weight is 911 g/mol. The molecule has 6 aromatic carbocycles. The van der Waals surface area contributed by atoms with Crippen LogP contribution in [0.4, 0.5) is 0 Å². The van der Waals surface area contributed by atoms with Crippen LogP contribution >= 0.6 is 0 Å². The first-order valence-corrected chi connectivity index (χ1v) is 25.0. The first-order chi connectivity index (χ1) is 32.2. The predicted octanol–water partition coefficient (Wildman–Crippen LogP) is 17.3. The topological polar surface area (TPSA) is 54.8 Å². The molecule has 0 radical (unpaired) electrons. The van der Waals surface area contributed by atoms with Crippen molar-refractivity contribution in [1.82, 2.24) is 18.8 Å². The Labute approximate surface area is 409 Å². The molecular formula is C64H70N4O. The number of fused-ring (bicyclic) bond motifs is 5. The summed E-state index contributed by atoms with van der Waals surface area (Å²) in [4.78, 5) is 10.8. The molecule has 0 aliphatic rings. The van der Waals surface area contributed by atoms with Crippen LogP contribution in [0.1, 0.15) is 132 Å². The summed E-state index contributed by atoms with van der Waals surface area (Å²) in [6.45, 7) is 34.0. The van der Waals surface area contributed by atoms with Crippen LogP contribution in [0.2, 0.25) is 0 Å². The normalized spacial score (nSPS) is 13.3. The second-order valence-corrected chi connectivity index (χ2v) is 25.5. The van der Waals surface area contributed by atoms with Gasteiger partial charge in [0, 0.05) is 33.7 Å². The Morgan fingerprint density at radius 2 is 1.13 bits per heavy atom. The number of benzene rings is 6. The Morgan fingerprint density at radius 1 is 0.493 bits per heavy atom. The van der Waals surface area contributed by atoms with Gasteiger partial charge in [0.1, 0.15) is 11.6 Å². The molecule has 0 saturated carbocycles. The van der Waals surface area contributed by atoms with Crippen molar-refractivity contribution in [1.29, 1.82) is 0 Å². The van der Waals surface area contributed by atoms with Crippen molar-refractivity contribution in [2.75, 3.05) is 0 Å². The highest BCUT2D eigenvalue weighted by Crippen LogP contribution is 2.48. The zero-order chi connectivity index (χ0) is 49.3. The lowest BCUT2D eigenvalue weighted by atomic mass is 9.79. The van der Waals surface area contributed by atoms with Crippen LogP contribution in [-0.2, 0) is 29.1 Å². The van der Waals surface area contributed by atoms with Gasteiger partial charge < -0.3 is 9.51 Å². The summed E-state index contributed by atoms with van der Waals surface area (Å²) in [5.41, 5.74) is 19.2. The van der Waals surface area contributed by atoms with E-state index in [2.05, 4.69) is 228 Å². The molecule has 0 saturated heterocycles. The van der Waals surface area contributed by atoms with Crippen molar-refractivity contribution in [2.24, 2.45) is 10.8 Å².